The lowest BCUT2D eigenvalue weighted by Gasteiger charge is -1.80. The van der Waals surface area contributed by atoms with Crippen LogP contribution in [-0.2, 0) is 0 Å². The van der Waals surface area contributed by atoms with Gasteiger partial charge in [0.2, 0.25) is 5.28 Å². The molecule has 0 saturated carbocycles. The van der Waals surface area contributed by atoms with Crippen molar-refractivity contribution >= 4 is 23.1 Å². The molecule has 0 atom stereocenters. The Hall–Kier alpha value is -0.870. The van der Waals surface area contributed by atoms with Crippen molar-refractivity contribution in [2.75, 3.05) is 0 Å². The van der Waals surface area contributed by atoms with Crippen molar-refractivity contribution in [3.63, 3.8) is 0 Å². The van der Waals surface area contributed by atoms with Crippen LogP contribution in [0.25, 0.3) is 10.6 Å². The maximum Gasteiger partial charge on any atom is 0.234 e. The number of hydrogen-bond acceptors (Lipinski definition) is 4. The maximum atomic E-state index is 5.53. The predicted molar refractivity (Wildman–Crippen MR) is 42.6 cm³/mol. The van der Waals surface area contributed by atoms with Gasteiger partial charge in [-0.2, -0.15) is 4.37 Å². The van der Waals surface area contributed by atoms with E-state index < -0.39 is 0 Å². The Morgan fingerprint density at radius 3 is 3.00 bits per heavy atom. The normalized spacial score (nSPS) is 10.3. The van der Waals surface area contributed by atoms with Crippen molar-refractivity contribution in [2.24, 2.45) is 0 Å². The Kier molecular flexibility index (Phi) is 1.63. The Bertz CT molecular complexity index is 343. The van der Waals surface area contributed by atoms with E-state index in [1.807, 2.05) is 6.07 Å². The molecule has 0 aliphatic carbocycles. The van der Waals surface area contributed by atoms with Crippen LogP contribution in [0.5, 0.6) is 0 Å². The van der Waals surface area contributed by atoms with E-state index in [2.05, 4.69) is 9.36 Å². The highest BCUT2D eigenvalue weighted by Crippen LogP contribution is 2.22. The molecule has 0 saturated heterocycles. The molecule has 3 nitrogen and oxygen atoms in total. The van der Waals surface area contributed by atoms with Gasteiger partial charge in [-0.3, -0.25) is 0 Å². The van der Waals surface area contributed by atoms with Gasteiger partial charge in [-0.1, -0.05) is 0 Å². The first-order chi connectivity index (χ1) is 5.36. The SMILES string of the molecule is Clc1nsc(-c2ccoc2)n1. The second kappa shape index (κ2) is 2.64. The molecule has 0 fully saturated rings. The Morgan fingerprint density at radius 1 is 1.55 bits per heavy atom. The lowest BCUT2D eigenvalue weighted by molar-refractivity contribution is 0.568. The molecule has 5 heteroatoms. The van der Waals surface area contributed by atoms with Crippen LogP contribution in [0, 0.1) is 0 Å². The fraction of sp³-hybridized carbons (Fsp3) is 0. The van der Waals surface area contributed by atoms with Gasteiger partial charge in [0.15, 0.2) is 0 Å². The van der Waals surface area contributed by atoms with Gasteiger partial charge in [0.25, 0.3) is 0 Å². The summed E-state index contributed by atoms with van der Waals surface area (Å²) in [5.74, 6) is 0. The maximum absolute atomic E-state index is 5.53. The minimum absolute atomic E-state index is 0.284. The fourth-order valence-electron chi connectivity index (χ4n) is 0.709. The van der Waals surface area contributed by atoms with Gasteiger partial charge in [0, 0.05) is 0 Å². The predicted octanol–water partition coefficient (Wildman–Crippen LogP) is 2.45. The van der Waals surface area contributed by atoms with E-state index in [4.69, 9.17) is 16.0 Å². The van der Waals surface area contributed by atoms with Crippen LogP contribution < -0.4 is 0 Å². The molecule has 0 N–H and O–H groups in total. The van der Waals surface area contributed by atoms with Crippen LogP contribution in [0.4, 0.5) is 0 Å². The summed E-state index contributed by atoms with van der Waals surface area (Å²) in [5, 5.41) is 1.06. The van der Waals surface area contributed by atoms with Crippen LogP contribution in [-0.4, -0.2) is 9.36 Å². The van der Waals surface area contributed by atoms with E-state index in [9.17, 15) is 0 Å². The van der Waals surface area contributed by atoms with Gasteiger partial charge in [-0.15, -0.1) is 0 Å². The van der Waals surface area contributed by atoms with E-state index >= 15 is 0 Å². The van der Waals surface area contributed by atoms with Crippen LogP contribution in [0.3, 0.4) is 0 Å². The van der Waals surface area contributed by atoms with Gasteiger partial charge in [-0.25, -0.2) is 4.98 Å². The van der Waals surface area contributed by atoms with Crippen LogP contribution >= 0.6 is 23.1 Å². The molecule has 0 aliphatic heterocycles. The molecule has 11 heavy (non-hydrogen) atoms. The number of hydrogen-bond donors (Lipinski definition) is 0. The highest BCUT2D eigenvalue weighted by molar-refractivity contribution is 7.09. The van der Waals surface area contributed by atoms with Crippen LogP contribution in [0.1, 0.15) is 0 Å². The highest BCUT2D eigenvalue weighted by Gasteiger charge is 2.04. The summed E-state index contributed by atoms with van der Waals surface area (Å²) >= 11 is 6.79. The smallest absolute Gasteiger partial charge is 0.234 e. The van der Waals surface area contributed by atoms with Crippen molar-refractivity contribution in [1.82, 2.24) is 9.36 Å². The second-order valence-corrected chi connectivity index (χ2v) is 2.97. The summed E-state index contributed by atoms with van der Waals surface area (Å²) in [7, 11) is 0. The average molecular weight is 187 g/mol. The zero-order valence-electron chi connectivity index (χ0n) is 5.32. The van der Waals surface area contributed by atoms with Crippen molar-refractivity contribution in [2.45, 2.75) is 0 Å². The molecule has 56 valence electrons. The molecule has 2 rings (SSSR count). The molecule has 2 aromatic heterocycles. The second-order valence-electron chi connectivity index (χ2n) is 1.88. The minimum atomic E-state index is 0.284. The lowest BCUT2D eigenvalue weighted by atomic mass is 10.4. The largest absolute Gasteiger partial charge is 0.472 e. The van der Waals surface area contributed by atoms with E-state index in [0.29, 0.717) is 0 Å². The lowest BCUT2D eigenvalue weighted by Crippen LogP contribution is -1.68. The summed E-state index contributed by atoms with van der Waals surface area (Å²) < 4.78 is 8.70. The third-order valence-corrected chi connectivity index (χ3v) is 2.20. The first kappa shape index (κ1) is 6.82. The number of halogens is 1. The number of rotatable bonds is 1. The van der Waals surface area contributed by atoms with E-state index in [1.54, 1.807) is 12.5 Å². The zero-order chi connectivity index (χ0) is 7.68. The Morgan fingerprint density at radius 2 is 2.45 bits per heavy atom. The van der Waals surface area contributed by atoms with E-state index in [-0.39, 0.29) is 5.28 Å². The molecule has 0 radical (unpaired) electrons. The summed E-state index contributed by atoms with van der Waals surface area (Å²) in [5.41, 5.74) is 0.911. The van der Waals surface area contributed by atoms with Gasteiger partial charge in [-0.05, 0) is 29.2 Å². The Balaban J connectivity index is 2.45. The van der Waals surface area contributed by atoms with Gasteiger partial charge >= 0.3 is 0 Å². The molecule has 0 aromatic carbocycles. The molecule has 0 spiro atoms. The highest BCUT2D eigenvalue weighted by atomic mass is 35.5. The van der Waals surface area contributed by atoms with Crippen LogP contribution in [0.2, 0.25) is 5.28 Å². The molecule has 0 aliphatic rings. The van der Waals surface area contributed by atoms with E-state index in [0.717, 1.165) is 10.6 Å². The van der Waals surface area contributed by atoms with Crippen molar-refractivity contribution in [3.8, 4) is 10.6 Å². The summed E-state index contributed by atoms with van der Waals surface area (Å²) in [6.07, 6.45) is 3.20. The minimum Gasteiger partial charge on any atom is -0.472 e. The number of aromatic nitrogens is 2. The molecule has 2 heterocycles. The molecule has 2 aromatic rings. The van der Waals surface area contributed by atoms with Crippen molar-refractivity contribution in [3.05, 3.63) is 23.9 Å². The number of nitrogens with zero attached hydrogens (tertiary/aromatic N) is 2. The van der Waals surface area contributed by atoms with Gasteiger partial charge in [0.05, 0.1) is 11.8 Å². The number of furan rings is 1. The van der Waals surface area contributed by atoms with E-state index in [1.165, 1.54) is 11.5 Å². The molecule has 0 bridgehead atoms. The average Bonchev–Trinajstić information content (AvgIpc) is 2.55. The zero-order valence-corrected chi connectivity index (χ0v) is 6.89. The Labute approximate surface area is 71.8 Å². The standard InChI is InChI=1S/C6H3ClN2OS/c7-6-8-5(11-9-6)4-1-2-10-3-4/h1-3H. The monoisotopic (exact) mass is 186 g/mol. The fourth-order valence-corrected chi connectivity index (χ4v) is 1.50. The van der Waals surface area contributed by atoms with Crippen LogP contribution in [0.15, 0.2) is 23.0 Å². The quantitative estimate of drug-likeness (QED) is 0.687. The molecule has 0 amide bonds. The first-order valence-electron chi connectivity index (χ1n) is 2.88. The third-order valence-electron chi connectivity index (χ3n) is 1.17. The van der Waals surface area contributed by atoms with Gasteiger partial charge in [0.1, 0.15) is 11.3 Å². The van der Waals surface area contributed by atoms with Gasteiger partial charge < -0.3 is 4.42 Å². The first-order valence-corrected chi connectivity index (χ1v) is 4.03. The summed E-state index contributed by atoms with van der Waals surface area (Å²) in [4.78, 5) is 3.97. The van der Waals surface area contributed by atoms with Crippen molar-refractivity contribution < 1.29 is 4.42 Å². The summed E-state index contributed by atoms with van der Waals surface area (Å²) in [6, 6.07) is 1.82. The van der Waals surface area contributed by atoms with Crippen molar-refractivity contribution in [1.29, 1.82) is 0 Å². The molecular weight excluding hydrogens is 184 g/mol. The molecule has 0 unspecified atom stereocenters. The topological polar surface area (TPSA) is 38.9 Å². The third kappa shape index (κ3) is 1.27. The summed E-state index contributed by atoms with van der Waals surface area (Å²) in [6.45, 7) is 0. The molecular formula is C6H3ClN2OS.